The number of alkyl halides is 3. The van der Waals surface area contributed by atoms with Gasteiger partial charge in [-0.15, -0.1) is 0 Å². The Labute approximate surface area is 155 Å². The van der Waals surface area contributed by atoms with E-state index in [4.69, 9.17) is 11.6 Å². The van der Waals surface area contributed by atoms with Crippen molar-refractivity contribution in [2.24, 2.45) is 0 Å². The topological polar surface area (TPSA) is 60.9 Å². The zero-order valence-corrected chi connectivity index (χ0v) is 15.5. The molecule has 5 nitrogen and oxygen atoms in total. The summed E-state index contributed by atoms with van der Waals surface area (Å²) < 4.78 is 65.6. The molecule has 0 aromatic heterocycles. The van der Waals surface area contributed by atoms with Crippen LogP contribution in [-0.2, 0) is 16.2 Å². The van der Waals surface area contributed by atoms with Gasteiger partial charge in [0.2, 0.25) is 10.0 Å². The third kappa shape index (κ3) is 4.01. The highest BCUT2D eigenvalue weighted by atomic mass is 35.5. The molecular formula is C16H20ClF3N2O3S. The summed E-state index contributed by atoms with van der Waals surface area (Å²) in [6.07, 6.45) is -3.17. The minimum atomic E-state index is -4.72. The van der Waals surface area contributed by atoms with E-state index in [1.165, 1.54) is 4.31 Å². The number of piperidine rings is 1. The number of nitrogens with zero attached hydrogens (tertiary/aromatic N) is 2. The van der Waals surface area contributed by atoms with Gasteiger partial charge in [0.25, 0.3) is 0 Å². The summed E-state index contributed by atoms with van der Waals surface area (Å²) in [7, 11) is -4.01. The highest BCUT2D eigenvalue weighted by Gasteiger charge is 2.37. The highest BCUT2D eigenvalue weighted by Crippen LogP contribution is 2.36. The van der Waals surface area contributed by atoms with Gasteiger partial charge in [0, 0.05) is 32.2 Å². The maximum Gasteiger partial charge on any atom is 0.417 e. The third-order valence-corrected chi connectivity index (χ3v) is 7.24. The highest BCUT2D eigenvalue weighted by molar-refractivity contribution is 7.89. The van der Waals surface area contributed by atoms with Gasteiger partial charge in [-0.05, 0) is 37.5 Å². The molecule has 0 radical (unpaired) electrons. The molecule has 1 N–H and O–H groups in total. The number of sulfonamides is 1. The van der Waals surface area contributed by atoms with E-state index in [9.17, 15) is 26.7 Å². The molecular weight excluding hydrogens is 393 g/mol. The molecule has 0 bridgehead atoms. The van der Waals surface area contributed by atoms with E-state index < -0.39 is 31.7 Å². The van der Waals surface area contributed by atoms with E-state index >= 15 is 0 Å². The van der Waals surface area contributed by atoms with Crippen LogP contribution in [-0.4, -0.2) is 61.1 Å². The molecule has 0 spiro atoms. The van der Waals surface area contributed by atoms with Crippen molar-refractivity contribution in [3.05, 3.63) is 28.8 Å². The molecule has 0 unspecified atom stereocenters. The molecule has 1 aromatic rings. The molecule has 0 aliphatic carbocycles. The number of likely N-dealkylation sites (tertiary alicyclic amines) is 1. The molecule has 2 fully saturated rings. The Balaban J connectivity index is 1.74. The summed E-state index contributed by atoms with van der Waals surface area (Å²) in [5.41, 5.74) is -1.15. The maximum atomic E-state index is 13.0. The summed E-state index contributed by atoms with van der Waals surface area (Å²) in [4.78, 5) is 1.75. The summed E-state index contributed by atoms with van der Waals surface area (Å²) in [5.74, 6) is 0. The van der Waals surface area contributed by atoms with Crippen LogP contribution < -0.4 is 0 Å². The van der Waals surface area contributed by atoms with Crippen LogP contribution in [0, 0.1) is 0 Å². The van der Waals surface area contributed by atoms with Crippen LogP contribution in [0.2, 0.25) is 5.02 Å². The number of hydrogen-bond acceptors (Lipinski definition) is 4. The first-order valence-electron chi connectivity index (χ1n) is 8.38. The van der Waals surface area contributed by atoms with Gasteiger partial charge in [0.05, 0.1) is 21.6 Å². The van der Waals surface area contributed by atoms with Crippen molar-refractivity contribution < 1.29 is 26.7 Å². The van der Waals surface area contributed by atoms with Gasteiger partial charge < -0.3 is 5.11 Å². The van der Waals surface area contributed by atoms with Crippen LogP contribution in [0.3, 0.4) is 0 Å². The van der Waals surface area contributed by atoms with Gasteiger partial charge in [0.1, 0.15) is 0 Å². The Kier molecular flexibility index (Phi) is 5.56. The SMILES string of the molecule is O=S(=O)(c1ccc(Cl)c(C(F)(F)F)c1)N1CCC(N2CC[C@@H](O)C2)CC1. The molecule has 10 heteroatoms. The van der Waals surface area contributed by atoms with Gasteiger partial charge in [-0.1, -0.05) is 11.6 Å². The minimum Gasteiger partial charge on any atom is -0.392 e. The number of aliphatic hydroxyl groups is 1. The van der Waals surface area contributed by atoms with Crippen molar-refractivity contribution in [3.8, 4) is 0 Å². The maximum absolute atomic E-state index is 13.0. The number of aliphatic hydroxyl groups excluding tert-OH is 1. The van der Waals surface area contributed by atoms with Crippen molar-refractivity contribution in [1.82, 2.24) is 9.21 Å². The molecule has 2 aliphatic heterocycles. The van der Waals surface area contributed by atoms with E-state index in [0.717, 1.165) is 18.7 Å². The fraction of sp³-hybridized carbons (Fsp3) is 0.625. The molecule has 2 heterocycles. The molecule has 0 saturated carbocycles. The second kappa shape index (κ2) is 7.27. The van der Waals surface area contributed by atoms with Gasteiger partial charge in [-0.3, -0.25) is 4.90 Å². The van der Waals surface area contributed by atoms with E-state index in [0.29, 0.717) is 31.9 Å². The standard InChI is InChI=1S/C16H20ClF3N2O3S/c17-15-2-1-13(9-14(15)16(18,19)20)26(24,25)22-7-3-11(4-8-22)21-6-5-12(23)10-21/h1-2,9,11-12,23H,3-8,10H2/t12-/m1/s1. The first-order valence-corrected chi connectivity index (χ1v) is 10.2. The number of benzene rings is 1. The Hall–Kier alpha value is -0.870. The second-order valence-electron chi connectivity index (χ2n) is 6.71. The average molecular weight is 413 g/mol. The van der Waals surface area contributed by atoms with Crippen LogP contribution in [0.4, 0.5) is 13.2 Å². The summed E-state index contributed by atoms with van der Waals surface area (Å²) in [6, 6.07) is 2.86. The Morgan fingerprint density at radius 3 is 2.31 bits per heavy atom. The molecule has 2 saturated heterocycles. The largest absolute Gasteiger partial charge is 0.417 e. The van der Waals surface area contributed by atoms with Crippen molar-refractivity contribution in [1.29, 1.82) is 0 Å². The third-order valence-electron chi connectivity index (χ3n) is 5.02. The lowest BCUT2D eigenvalue weighted by Crippen LogP contribution is -2.46. The number of β-amino-alcohol motifs (C(OH)–C–C–N with tert-alkyl or cyclic N) is 1. The first kappa shape index (κ1) is 19.9. The smallest absolute Gasteiger partial charge is 0.392 e. The Bertz CT molecular complexity index is 764. The van der Waals surface area contributed by atoms with Crippen LogP contribution >= 0.6 is 11.6 Å². The predicted molar refractivity (Wildman–Crippen MR) is 90.4 cm³/mol. The quantitative estimate of drug-likeness (QED) is 0.829. The van der Waals surface area contributed by atoms with Crippen LogP contribution in [0.5, 0.6) is 0 Å². The van der Waals surface area contributed by atoms with Crippen LogP contribution in [0.25, 0.3) is 0 Å². The van der Waals surface area contributed by atoms with Crippen molar-refractivity contribution in [3.63, 3.8) is 0 Å². The fourth-order valence-corrected chi connectivity index (χ4v) is 5.30. The van der Waals surface area contributed by atoms with Gasteiger partial charge in [-0.25, -0.2) is 8.42 Å². The number of halogens is 4. The fourth-order valence-electron chi connectivity index (χ4n) is 3.58. The minimum absolute atomic E-state index is 0.189. The molecule has 26 heavy (non-hydrogen) atoms. The zero-order valence-electron chi connectivity index (χ0n) is 13.9. The number of hydrogen-bond donors (Lipinski definition) is 1. The van der Waals surface area contributed by atoms with Crippen LogP contribution in [0.15, 0.2) is 23.1 Å². The molecule has 146 valence electrons. The molecule has 0 amide bonds. The predicted octanol–water partition coefficient (Wildman–Crippen LogP) is 2.58. The molecule has 2 aliphatic rings. The summed E-state index contributed by atoms with van der Waals surface area (Å²) in [5, 5.41) is 9.10. The van der Waals surface area contributed by atoms with E-state index in [1.54, 1.807) is 0 Å². The Morgan fingerprint density at radius 1 is 1.12 bits per heavy atom. The Morgan fingerprint density at radius 2 is 1.77 bits per heavy atom. The lowest BCUT2D eigenvalue weighted by atomic mass is 10.1. The summed E-state index contributed by atoms with van der Waals surface area (Å²) >= 11 is 5.57. The van der Waals surface area contributed by atoms with E-state index in [1.807, 2.05) is 0 Å². The van der Waals surface area contributed by atoms with Crippen LogP contribution in [0.1, 0.15) is 24.8 Å². The lowest BCUT2D eigenvalue weighted by molar-refractivity contribution is -0.137. The van der Waals surface area contributed by atoms with E-state index in [2.05, 4.69) is 4.90 Å². The van der Waals surface area contributed by atoms with Gasteiger partial charge in [0.15, 0.2) is 0 Å². The van der Waals surface area contributed by atoms with E-state index in [-0.39, 0.29) is 25.2 Å². The zero-order chi connectivity index (χ0) is 19.1. The van der Waals surface area contributed by atoms with Crippen molar-refractivity contribution in [2.75, 3.05) is 26.2 Å². The monoisotopic (exact) mass is 412 g/mol. The summed E-state index contributed by atoms with van der Waals surface area (Å²) in [6.45, 7) is 1.85. The first-order chi connectivity index (χ1) is 12.1. The second-order valence-corrected chi connectivity index (χ2v) is 9.06. The van der Waals surface area contributed by atoms with Crippen molar-refractivity contribution >= 4 is 21.6 Å². The molecule has 1 aromatic carbocycles. The molecule has 1 atom stereocenters. The van der Waals surface area contributed by atoms with Crippen molar-refractivity contribution in [2.45, 2.75) is 42.5 Å². The van der Waals surface area contributed by atoms with Gasteiger partial charge in [-0.2, -0.15) is 17.5 Å². The normalized spacial score (nSPS) is 24.3. The van der Waals surface area contributed by atoms with Gasteiger partial charge >= 0.3 is 6.18 Å². The molecule has 3 rings (SSSR count). The number of rotatable bonds is 3. The average Bonchev–Trinajstić information content (AvgIpc) is 3.00. The lowest BCUT2D eigenvalue weighted by Gasteiger charge is -2.36.